The highest BCUT2D eigenvalue weighted by Gasteiger charge is 2.21. The molecule has 9 heteroatoms. The average molecular weight is 482 g/mol. The van der Waals surface area contributed by atoms with Gasteiger partial charge in [-0.1, -0.05) is 25.4 Å². The maximum absolute atomic E-state index is 12.6. The number of ether oxygens (including phenoxy) is 1. The van der Waals surface area contributed by atoms with Crippen LogP contribution < -0.4 is 5.63 Å². The van der Waals surface area contributed by atoms with Crippen LogP contribution in [0.1, 0.15) is 30.5 Å². The van der Waals surface area contributed by atoms with Crippen LogP contribution in [-0.4, -0.2) is 60.8 Å². The van der Waals surface area contributed by atoms with Crippen LogP contribution in [-0.2, 0) is 17.7 Å². The van der Waals surface area contributed by atoms with Crippen LogP contribution in [0.5, 0.6) is 5.75 Å². The summed E-state index contributed by atoms with van der Waals surface area (Å²) in [6.45, 7) is 12.4. The third-order valence-electron chi connectivity index (χ3n) is 5.64. The SMILES string of the molecule is CCN(CC)CCc1c(C)c2cc(CN3CCOCC3)c(O)c(Cl)c2oc1=O.Cl.Cl. The Hall–Kier alpha value is -1.02. The minimum atomic E-state index is -0.376. The van der Waals surface area contributed by atoms with Crippen molar-refractivity contribution in [1.29, 1.82) is 0 Å². The van der Waals surface area contributed by atoms with Gasteiger partial charge < -0.3 is 19.2 Å². The molecule has 1 aromatic heterocycles. The molecular weight excluding hydrogens is 451 g/mol. The minimum Gasteiger partial charge on any atom is -0.506 e. The monoisotopic (exact) mass is 480 g/mol. The molecule has 0 saturated carbocycles. The van der Waals surface area contributed by atoms with E-state index >= 15 is 0 Å². The van der Waals surface area contributed by atoms with Gasteiger partial charge >= 0.3 is 5.63 Å². The first-order valence-electron chi connectivity index (χ1n) is 9.95. The lowest BCUT2D eigenvalue weighted by Crippen LogP contribution is -2.35. The Balaban J connectivity index is 0.00000225. The summed E-state index contributed by atoms with van der Waals surface area (Å²) in [6, 6.07) is 1.91. The Kier molecular flexibility index (Phi) is 10.9. The van der Waals surface area contributed by atoms with E-state index in [1.165, 1.54) is 0 Å². The number of likely N-dealkylation sites (N-methyl/N-ethyl adjacent to an activating group) is 1. The van der Waals surface area contributed by atoms with Gasteiger partial charge in [0.1, 0.15) is 10.8 Å². The highest BCUT2D eigenvalue weighted by Crippen LogP contribution is 2.37. The minimum absolute atomic E-state index is 0. The molecule has 1 aliphatic rings. The molecule has 170 valence electrons. The zero-order chi connectivity index (χ0) is 20.3. The lowest BCUT2D eigenvalue weighted by atomic mass is 10.0. The van der Waals surface area contributed by atoms with Crippen LogP contribution in [0.3, 0.4) is 0 Å². The van der Waals surface area contributed by atoms with Gasteiger partial charge in [-0.05, 0) is 38.1 Å². The van der Waals surface area contributed by atoms with E-state index in [1.54, 1.807) is 0 Å². The van der Waals surface area contributed by atoms with Gasteiger partial charge in [0, 0.05) is 42.7 Å². The molecule has 3 rings (SSSR count). The molecule has 2 aromatic rings. The van der Waals surface area contributed by atoms with E-state index in [0.717, 1.165) is 49.2 Å². The molecular formula is C21H31Cl3N2O4. The van der Waals surface area contributed by atoms with Gasteiger partial charge in [-0.15, -0.1) is 24.8 Å². The number of rotatable bonds is 7. The molecule has 1 saturated heterocycles. The summed E-state index contributed by atoms with van der Waals surface area (Å²) in [5.41, 5.74) is 2.19. The van der Waals surface area contributed by atoms with Crippen molar-refractivity contribution in [3.63, 3.8) is 0 Å². The highest BCUT2D eigenvalue weighted by atomic mass is 35.5. The molecule has 1 aliphatic heterocycles. The largest absolute Gasteiger partial charge is 0.506 e. The smallest absolute Gasteiger partial charge is 0.339 e. The maximum Gasteiger partial charge on any atom is 0.339 e. The topological polar surface area (TPSA) is 66.2 Å². The molecule has 1 aromatic carbocycles. The molecule has 1 fully saturated rings. The summed E-state index contributed by atoms with van der Waals surface area (Å²) in [5, 5.41) is 11.5. The van der Waals surface area contributed by atoms with Crippen LogP contribution in [0.2, 0.25) is 5.02 Å². The number of hydrogen-bond donors (Lipinski definition) is 1. The molecule has 0 spiro atoms. The second-order valence-corrected chi connectivity index (χ2v) is 7.61. The van der Waals surface area contributed by atoms with Crippen LogP contribution in [0.15, 0.2) is 15.3 Å². The molecule has 2 heterocycles. The number of nitrogens with zero attached hydrogens (tertiary/aromatic N) is 2. The van der Waals surface area contributed by atoms with Crippen molar-refractivity contribution in [2.45, 2.75) is 33.7 Å². The standard InChI is InChI=1S/C21H29ClN2O4.2ClH/c1-4-23(5-2)7-6-16-14(3)17-12-15(13-24-8-10-27-11-9-24)19(25)18(22)20(17)28-21(16)26;;/h12,25H,4-11,13H2,1-3H3;2*1H. The predicted octanol–water partition coefficient (Wildman–Crippen LogP) is 4.02. The Morgan fingerprint density at radius 1 is 1.20 bits per heavy atom. The van der Waals surface area contributed by atoms with E-state index < -0.39 is 0 Å². The molecule has 0 aliphatic carbocycles. The summed E-state index contributed by atoms with van der Waals surface area (Å²) in [5.74, 6) is -0.0147. The molecule has 0 radical (unpaired) electrons. The first-order valence-corrected chi connectivity index (χ1v) is 10.3. The van der Waals surface area contributed by atoms with Crippen LogP contribution in [0.25, 0.3) is 11.0 Å². The van der Waals surface area contributed by atoms with Crippen molar-refractivity contribution in [3.05, 3.63) is 38.2 Å². The van der Waals surface area contributed by atoms with E-state index in [1.807, 2.05) is 13.0 Å². The van der Waals surface area contributed by atoms with Gasteiger partial charge in [0.25, 0.3) is 0 Å². The summed E-state index contributed by atoms with van der Waals surface area (Å²) in [4.78, 5) is 17.1. The number of morpholine rings is 1. The second kappa shape index (κ2) is 12.1. The molecule has 0 bridgehead atoms. The predicted molar refractivity (Wildman–Crippen MR) is 126 cm³/mol. The van der Waals surface area contributed by atoms with Crippen molar-refractivity contribution >= 4 is 47.4 Å². The zero-order valence-electron chi connectivity index (χ0n) is 17.7. The number of halogens is 3. The fraction of sp³-hybridized carbons (Fsp3) is 0.571. The van der Waals surface area contributed by atoms with E-state index in [4.69, 9.17) is 20.8 Å². The third kappa shape index (κ3) is 5.81. The van der Waals surface area contributed by atoms with Gasteiger partial charge in [0.2, 0.25) is 0 Å². The van der Waals surface area contributed by atoms with E-state index in [2.05, 4.69) is 23.6 Å². The number of hydrogen-bond acceptors (Lipinski definition) is 6. The Morgan fingerprint density at radius 3 is 2.43 bits per heavy atom. The van der Waals surface area contributed by atoms with Crippen molar-refractivity contribution < 1.29 is 14.3 Å². The Bertz CT molecular complexity index is 894. The molecule has 0 amide bonds. The van der Waals surface area contributed by atoms with E-state index in [-0.39, 0.29) is 46.8 Å². The van der Waals surface area contributed by atoms with E-state index in [9.17, 15) is 9.90 Å². The summed E-state index contributed by atoms with van der Waals surface area (Å²) in [6.07, 6.45) is 0.628. The first-order chi connectivity index (χ1) is 13.5. The first kappa shape index (κ1) is 27.0. The summed E-state index contributed by atoms with van der Waals surface area (Å²) >= 11 is 6.38. The lowest BCUT2D eigenvalue weighted by molar-refractivity contribution is 0.0339. The fourth-order valence-corrected chi connectivity index (χ4v) is 4.00. The Labute approximate surface area is 194 Å². The molecule has 6 nitrogen and oxygen atoms in total. The van der Waals surface area contributed by atoms with Crippen LogP contribution in [0, 0.1) is 6.92 Å². The van der Waals surface area contributed by atoms with Crippen molar-refractivity contribution in [2.75, 3.05) is 45.9 Å². The summed E-state index contributed by atoms with van der Waals surface area (Å²) in [7, 11) is 0. The number of aromatic hydroxyl groups is 1. The fourth-order valence-electron chi connectivity index (χ4n) is 3.74. The highest BCUT2D eigenvalue weighted by molar-refractivity contribution is 6.36. The van der Waals surface area contributed by atoms with Gasteiger partial charge in [-0.3, -0.25) is 4.90 Å². The lowest BCUT2D eigenvalue weighted by Gasteiger charge is -2.27. The third-order valence-corrected chi connectivity index (χ3v) is 5.99. The van der Waals surface area contributed by atoms with Gasteiger partial charge in [0.15, 0.2) is 5.58 Å². The Morgan fingerprint density at radius 2 is 1.83 bits per heavy atom. The number of benzene rings is 1. The molecule has 0 unspecified atom stereocenters. The zero-order valence-corrected chi connectivity index (χ0v) is 20.1. The maximum atomic E-state index is 12.6. The quantitative estimate of drug-likeness (QED) is 0.603. The van der Waals surface area contributed by atoms with Crippen LogP contribution >= 0.6 is 36.4 Å². The average Bonchev–Trinajstić information content (AvgIpc) is 2.70. The van der Waals surface area contributed by atoms with Crippen molar-refractivity contribution in [3.8, 4) is 5.75 Å². The molecule has 1 N–H and O–H groups in total. The van der Waals surface area contributed by atoms with Crippen LogP contribution in [0.4, 0.5) is 0 Å². The number of fused-ring (bicyclic) bond motifs is 1. The van der Waals surface area contributed by atoms with Crippen molar-refractivity contribution in [2.24, 2.45) is 0 Å². The summed E-state index contributed by atoms with van der Waals surface area (Å²) < 4.78 is 10.9. The normalized spacial score (nSPS) is 14.6. The van der Waals surface area contributed by atoms with Gasteiger partial charge in [-0.2, -0.15) is 0 Å². The molecule has 30 heavy (non-hydrogen) atoms. The van der Waals surface area contributed by atoms with Gasteiger partial charge in [-0.25, -0.2) is 4.79 Å². The van der Waals surface area contributed by atoms with E-state index in [0.29, 0.717) is 31.7 Å². The van der Waals surface area contributed by atoms with Crippen molar-refractivity contribution in [1.82, 2.24) is 9.80 Å². The number of phenols is 1. The van der Waals surface area contributed by atoms with Gasteiger partial charge in [0.05, 0.1) is 13.2 Å². The molecule has 0 atom stereocenters. The number of aryl methyl sites for hydroxylation is 1. The number of phenolic OH excluding ortho intramolecular Hbond substituents is 1. The second-order valence-electron chi connectivity index (χ2n) is 7.23.